The van der Waals surface area contributed by atoms with Crippen molar-refractivity contribution in [3.8, 4) is 28.3 Å². The van der Waals surface area contributed by atoms with Gasteiger partial charge in [-0.25, -0.2) is 31.8 Å². The van der Waals surface area contributed by atoms with Crippen LogP contribution in [0.25, 0.3) is 22.5 Å². The third kappa shape index (κ3) is 6.87. The van der Waals surface area contributed by atoms with E-state index in [0.717, 1.165) is 6.07 Å². The van der Waals surface area contributed by atoms with Gasteiger partial charge in [-0.1, -0.05) is 6.07 Å². The Morgan fingerprint density at radius 2 is 1.84 bits per heavy atom. The lowest BCUT2D eigenvalue weighted by Crippen LogP contribution is -2.22. The van der Waals surface area contributed by atoms with Crippen molar-refractivity contribution in [3.05, 3.63) is 24.4 Å². The smallest absolute Gasteiger partial charge is 0.490 e. The molecule has 37 heavy (non-hydrogen) atoms. The maximum Gasteiger partial charge on any atom is 0.490 e. The zero-order valence-corrected chi connectivity index (χ0v) is 20.2. The molecule has 3 rings (SSSR count). The Bertz CT molecular complexity index is 1500. The number of carboxylic acids is 1. The zero-order chi connectivity index (χ0) is 28.2. The summed E-state index contributed by atoms with van der Waals surface area (Å²) in [5.74, 6) is -3.10. The van der Waals surface area contributed by atoms with E-state index in [1.54, 1.807) is 0 Å². The molecule has 2 aromatic heterocycles. The summed E-state index contributed by atoms with van der Waals surface area (Å²) in [6.07, 6.45) is -3.72. The fraction of sp³-hybridized carbons (Fsp3) is 0.235. The molecule has 0 saturated heterocycles. The lowest BCUT2D eigenvalue weighted by atomic mass is 10.00. The van der Waals surface area contributed by atoms with E-state index in [1.165, 1.54) is 25.4 Å². The van der Waals surface area contributed by atoms with E-state index in [1.807, 2.05) is 0 Å². The first-order chi connectivity index (χ1) is 17.0. The van der Waals surface area contributed by atoms with Crippen molar-refractivity contribution in [1.82, 2.24) is 25.6 Å². The summed E-state index contributed by atoms with van der Waals surface area (Å²) in [6, 6.07) is 4.02. The molecule has 0 unspecified atom stereocenters. The standard InChI is InChI=1S/C15H18N8O5S2.C2HF3O2/c1-28-10-6-8(7-19-14(10)17)9-2-3-11(29(24,25)5-4-16)13(30(18,26)27)12(9)15-20-22-23-21-15;3-2(4,5)1(6)7/h2-3,6-7H,4-5,16H2,1H3,(H2,17,19)(H2,18,26,27)(H,20,21,22,23);(H,6,7). The highest BCUT2D eigenvalue weighted by Gasteiger charge is 2.38. The summed E-state index contributed by atoms with van der Waals surface area (Å²) < 4.78 is 87.3. The molecular weight excluding hydrogens is 549 g/mol. The van der Waals surface area contributed by atoms with Gasteiger partial charge in [0.25, 0.3) is 0 Å². The van der Waals surface area contributed by atoms with Gasteiger partial charge in [0.1, 0.15) is 4.90 Å². The molecule has 0 bridgehead atoms. The largest absolute Gasteiger partial charge is 0.493 e. The highest BCUT2D eigenvalue weighted by atomic mass is 32.2. The van der Waals surface area contributed by atoms with Gasteiger partial charge in [0.15, 0.2) is 21.4 Å². The number of nitrogen functional groups attached to an aromatic ring is 1. The number of sulfone groups is 1. The normalized spacial score (nSPS) is 11.9. The highest BCUT2D eigenvalue weighted by molar-refractivity contribution is 7.93. The molecule has 2 heterocycles. The number of tetrazole rings is 1. The van der Waals surface area contributed by atoms with Crippen LogP contribution in [0.1, 0.15) is 0 Å². The molecule has 3 aromatic rings. The van der Waals surface area contributed by atoms with E-state index >= 15 is 0 Å². The van der Waals surface area contributed by atoms with Gasteiger partial charge in [-0.05, 0) is 22.9 Å². The van der Waals surface area contributed by atoms with Gasteiger partial charge in [-0.2, -0.15) is 18.4 Å². The molecule has 8 N–H and O–H groups in total. The maximum atomic E-state index is 12.7. The number of halogens is 3. The molecule has 0 spiro atoms. The lowest BCUT2D eigenvalue weighted by Gasteiger charge is -2.16. The van der Waals surface area contributed by atoms with Crippen LogP contribution in [0.4, 0.5) is 19.0 Å². The van der Waals surface area contributed by atoms with Crippen molar-refractivity contribution in [2.24, 2.45) is 10.9 Å². The molecular formula is C17H19F3N8O7S2. The summed E-state index contributed by atoms with van der Waals surface area (Å²) in [4.78, 5) is 11.7. The number of hydrogen-bond donors (Lipinski definition) is 5. The third-order valence-corrected chi connectivity index (χ3v) is 7.26. The predicted octanol–water partition coefficient (Wildman–Crippen LogP) is -0.467. The minimum Gasteiger partial charge on any atom is -0.493 e. The van der Waals surface area contributed by atoms with Crippen LogP contribution in [0.3, 0.4) is 0 Å². The first kappa shape index (κ1) is 29.4. The first-order valence-corrected chi connectivity index (χ1v) is 12.7. The first-order valence-electron chi connectivity index (χ1n) is 9.51. The summed E-state index contributed by atoms with van der Waals surface area (Å²) in [6.45, 7) is -0.217. The number of rotatable bonds is 7. The highest BCUT2D eigenvalue weighted by Crippen LogP contribution is 2.40. The minimum atomic E-state index is -5.08. The quantitative estimate of drug-likeness (QED) is 0.242. The minimum absolute atomic E-state index is 0.108. The lowest BCUT2D eigenvalue weighted by molar-refractivity contribution is -0.192. The number of ether oxygens (including phenoxy) is 1. The second kappa shape index (κ2) is 11.0. The van der Waals surface area contributed by atoms with Crippen molar-refractivity contribution < 1.29 is 44.6 Å². The Kier molecular flexibility index (Phi) is 8.75. The van der Waals surface area contributed by atoms with E-state index in [0.29, 0.717) is 5.56 Å². The number of primary sulfonamides is 1. The number of aromatic nitrogens is 5. The molecule has 0 saturated carbocycles. The number of carbonyl (C=O) groups is 1. The SMILES string of the molecule is COc1cc(-c2ccc(S(=O)(=O)CCN)c(S(N)(=O)=O)c2-c2nn[nH]n2)cnc1N.O=C(O)C(F)(F)F. The van der Waals surface area contributed by atoms with Gasteiger partial charge in [0, 0.05) is 18.3 Å². The molecule has 20 heteroatoms. The van der Waals surface area contributed by atoms with E-state index in [-0.39, 0.29) is 35.1 Å². The number of methoxy groups -OCH3 is 1. The van der Waals surface area contributed by atoms with Crippen LogP contribution < -0.4 is 21.3 Å². The number of nitrogens with one attached hydrogen (secondary N) is 1. The molecule has 0 amide bonds. The van der Waals surface area contributed by atoms with Crippen LogP contribution in [0.5, 0.6) is 5.75 Å². The Labute approximate surface area is 206 Å². The number of hydrogen-bond acceptors (Lipinski definition) is 12. The van der Waals surface area contributed by atoms with Gasteiger partial charge in [0.2, 0.25) is 15.8 Å². The number of nitrogens with zero attached hydrogens (tertiary/aromatic N) is 4. The summed E-state index contributed by atoms with van der Waals surface area (Å²) in [5.41, 5.74) is 11.5. The number of aliphatic carboxylic acids is 1. The summed E-state index contributed by atoms with van der Waals surface area (Å²) in [5, 5.41) is 25.8. The third-order valence-electron chi connectivity index (χ3n) is 4.35. The fourth-order valence-corrected chi connectivity index (χ4v) is 5.61. The zero-order valence-electron chi connectivity index (χ0n) is 18.6. The van der Waals surface area contributed by atoms with Crippen LogP contribution in [0.15, 0.2) is 34.2 Å². The fourth-order valence-electron chi connectivity index (χ4n) is 2.85. The molecule has 1 aromatic carbocycles. The number of anilines is 1. The van der Waals surface area contributed by atoms with Crippen molar-refractivity contribution in [2.45, 2.75) is 16.0 Å². The Balaban J connectivity index is 0.000000604. The monoisotopic (exact) mass is 568 g/mol. The van der Waals surface area contributed by atoms with Crippen molar-refractivity contribution in [3.63, 3.8) is 0 Å². The number of nitrogens with two attached hydrogens (primary N) is 3. The molecule has 0 aliphatic carbocycles. The van der Waals surface area contributed by atoms with Gasteiger partial charge in [-0.3, -0.25) is 0 Å². The van der Waals surface area contributed by atoms with E-state index in [2.05, 4.69) is 25.6 Å². The number of carboxylic acid groups (broad SMARTS) is 1. The van der Waals surface area contributed by atoms with Gasteiger partial charge in [0.05, 0.1) is 23.3 Å². The predicted molar refractivity (Wildman–Crippen MR) is 120 cm³/mol. The average molecular weight is 569 g/mol. The van der Waals surface area contributed by atoms with Crippen LogP contribution in [-0.4, -0.2) is 79.1 Å². The van der Waals surface area contributed by atoms with Gasteiger partial charge in [-0.15, -0.1) is 10.2 Å². The Morgan fingerprint density at radius 3 is 2.30 bits per heavy atom. The molecule has 0 aliphatic rings. The second-order valence-electron chi connectivity index (χ2n) is 6.82. The van der Waals surface area contributed by atoms with Gasteiger partial charge >= 0.3 is 12.1 Å². The topological polar surface area (TPSA) is 260 Å². The molecule has 0 radical (unpaired) electrons. The van der Waals surface area contributed by atoms with E-state index < -0.39 is 47.5 Å². The number of H-pyrrole nitrogens is 1. The number of benzene rings is 1. The number of aromatic amines is 1. The van der Waals surface area contributed by atoms with E-state index in [4.69, 9.17) is 31.2 Å². The Hall–Kier alpha value is -3.88. The van der Waals surface area contributed by atoms with Crippen LogP contribution in [0, 0.1) is 0 Å². The van der Waals surface area contributed by atoms with Crippen LogP contribution in [-0.2, 0) is 24.7 Å². The number of alkyl halides is 3. The Morgan fingerprint density at radius 1 is 1.22 bits per heavy atom. The summed E-state index contributed by atoms with van der Waals surface area (Å²) >= 11 is 0. The van der Waals surface area contributed by atoms with Crippen molar-refractivity contribution in [2.75, 3.05) is 25.1 Å². The van der Waals surface area contributed by atoms with Crippen LogP contribution in [0.2, 0.25) is 0 Å². The van der Waals surface area contributed by atoms with Crippen molar-refractivity contribution in [1.29, 1.82) is 0 Å². The van der Waals surface area contributed by atoms with Crippen molar-refractivity contribution >= 4 is 31.6 Å². The maximum absolute atomic E-state index is 12.7. The van der Waals surface area contributed by atoms with Crippen LogP contribution >= 0.6 is 0 Å². The number of sulfonamides is 1. The molecule has 15 nitrogen and oxygen atoms in total. The summed E-state index contributed by atoms with van der Waals surface area (Å²) in [7, 11) is -7.27. The molecule has 0 atom stereocenters. The average Bonchev–Trinajstić information content (AvgIpc) is 3.32. The molecule has 0 aliphatic heterocycles. The second-order valence-corrected chi connectivity index (χ2v) is 10.4. The molecule has 0 fully saturated rings. The number of pyridine rings is 1. The van der Waals surface area contributed by atoms with E-state index in [9.17, 15) is 30.0 Å². The molecule has 202 valence electrons. The van der Waals surface area contributed by atoms with Gasteiger partial charge < -0.3 is 21.3 Å².